The molecule has 0 atom stereocenters. The molecule has 2 rings (SSSR count). The number of hydrogen-bond donors (Lipinski definition) is 3. The van der Waals surface area contributed by atoms with E-state index in [1.807, 2.05) is 0 Å². The van der Waals surface area contributed by atoms with E-state index in [4.69, 9.17) is 10.5 Å². The van der Waals surface area contributed by atoms with E-state index in [1.165, 1.54) is 6.08 Å². The van der Waals surface area contributed by atoms with E-state index in [9.17, 15) is 4.79 Å². The molecule has 2 aromatic rings. The second kappa shape index (κ2) is 6.85. The third-order valence-corrected chi connectivity index (χ3v) is 2.40. The summed E-state index contributed by atoms with van der Waals surface area (Å²) in [6, 6.07) is 5.22. The predicted molar refractivity (Wildman–Crippen MR) is 78.4 cm³/mol. The fraction of sp³-hybridized carbons (Fsp3) is 0.0769. The van der Waals surface area contributed by atoms with Gasteiger partial charge in [0, 0.05) is 6.08 Å². The zero-order chi connectivity index (χ0) is 15.1. The van der Waals surface area contributed by atoms with Gasteiger partial charge in [-0.1, -0.05) is 23.8 Å². The lowest BCUT2D eigenvalue weighted by atomic mass is 10.1. The number of H-pyrrole nitrogens is 1. The van der Waals surface area contributed by atoms with Crippen LogP contribution >= 0.6 is 0 Å². The van der Waals surface area contributed by atoms with Crippen LogP contribution in [-0.4, -0.2) is 33.1 Å². The van der Waals surface area contributed by atoms with Gasteiger partial charge in [-0.05, 0) is 29.0 Å². The Morgan fingerprint density at radius 2 is 2.38 bits per heavy atom. The summed E-state index contributed by atoms with van der Waals surface area (Å²) in [5.74, 6) is 0.308. The zero-order valence-electron chi connectivity index (χ0n) is 11.1. The zero-order valence-corrected chi connectivity index (χ0v) is 11.1. The van der Waals surface area contributed by atoms with Gasteiger partial charge in [-0.25, -0.2) is 0 Å². The first kappa shape index (κ1) is 14.3. The molecule has 0 aliphatic carbocycles. The molecule has 0 aliphatic heterocycles. The van der Waals surface area contributed by atoms with Gasteiger partial charge in [0.2, 0.25) is 0 Å². The molecule has 0 bridgehead atoms. The minimum absolute atomic E-state index is 0.109. The van der Waals surface area contributed by atoms with Crippen molar-refractivity contribution in [2.45, 2.75) is 0 Å². The minimum Gasteiger partial charge on any atom is -0.487 e. The van der Waals surface area contributed by atoms with Gasteiger partial charge in [0.15, 0.2) is 0 Å². The van der Waals surface area contributed by atoms with Crippen LogP contribution in [0.1, 0.15) is 5.56 Å². The highest BCUT2D eigenvalue weighted by Gasteiger charge is 2.02. The number of rotatable bonds is 6. The molecule has 0 unspecified atom stereocenters. The average molecular weight is 286 g/mol. The number of nitrogens with two attached hydrogens (primary N) is 1. The quantitative estimate of drug-likeness (QED) is 0.414. The van der Waals surface area contributed by atoms with E-state index in [1.54, 1.807) is 30.4 Å². The lowest BCUT2D eigenvalue weighted by molar-refractivity contribution is -0.111. The van der Waals surface area contributed by atoms with E-state index < -0.39 is 0 Å². The Hall–Kier alpha value is -3.16. The van der Waals surface area contributed by atoms with Gasteiger partial charge in [-0.3, -0.25) is 10.1 Å². The lowest BCUT2D eigenvalue weighted by Gasteiger charge is -2.07. The van der Waals surface area contributed by atoms with Crippen LogP contribution in [0, 0.1) is 0 Å². The maximum absolute atomic E-state index is 11.6. The molecular formula is C13H14N6O2. The molecule has 1 aromatic heterocycles. The van der Waals surface area contributed by atoms with Crippen molar-refractivity contribution >= 4 is 23.6 Å². The molecule has 0 saturated heterocycles. The molecule has 21 heavy (non-hydrogen) atoms. The van der Waals surface area contributed by atoms with Crippen molar-refractivity contribution in [3.63, 3.8) is 0 Å². The molecule has 0 aliphatic rings. The second-order valence-electron chi connectivity index (χ2n) is 3.95. The number of anilines is 2. The topological polar surface area (TPSA) is 119 Å². The van der Waals surface area contributed by atoms with Crippen molar-refractivity contribution < 1.29 is 9.53 Å². The van der Waals surface area contributed by atoms with Gasteiger partial charge >= 0.3 is 0 Å². The third kappa shape index (κ3) is 4.16. The van der Waals surface area contributed by atoms with Crippen LogP contribution in [0.4, 0.5) is 11.6 Å². The smallest absolute Gasteiger partial charge is 0.270 e. The van der Waals surface area contributed by atoms with Crippen LogP contribution in [0.5, 0.6) is 5.75 Å². The number of aromatic amines is 1. The highest BCUT2D eigenvalue weighted by atomic mass is 16.5. The number of tetrazole rings is 1. The summed E-state index contributed by atoms with van der Waals surface area (Å²) in [6.07, 6.45) is 4.59. The normalized spacial score (nSPS) is 10.5. The fourth-order valence-corrected chi connectivity index (χ4v) is 1.49. The first-order chi connectivity index (χ1) is 10.2. The highest BCUT2D eigenvalue weighted by Crippen LogP contribution is 2.23. The third-order valence-electron chi connectivity index (χ3n) is 2.40. The second-order valence-corrected chi connectivity index (χ2v) is 3.95. The van der Waals surface area contributed by atoms with E-state index in [0.717, 1.165) is 5.56 Å². The first-order valence-electron chi connectivity index (χ1n) is 6.05. The Balaban J connectivity index is 1.98. The summed E-state index contributed by atoms with van der Waals surface area (Å²) >= 11 is 0. The highest BCUT2D eigenvalue weighted by molar-refractivity contribution is 6.00. The Bertz CT molecular complexity index is 651. The van der Waals surface area contributed by atoms with Gasteiger partial charge < -0.3 is 10.5 Å². The number of ether oxygens (including phenoxy) is 1. The maximum atomic E-state index is 11.6. The van der Waals surface area contributed by atoms with Crippen LogP contribution in [0.25, 0.3) is 6.08 Å². The Labute approximate surface area is 120 Å². The summed E-state index contributed by atoms with van der Waals surface area (Å²) < 4.78 is 5.36. The SMILES string of the molecule is C=CCOc1ccc(/C=C\C(=O)Nc2nn[nH]n2)cc1N. The van der Waals surface area contributed by atoms with Crippen LogP contribution in [0.2, 0.25) is 0 Å². The number of nitrogens with zero attached hydrogens (tertiary/aromatic N) is 3. The molecule has 4 N–H and O–H groups in total. The standard InChI is InChI=1S/C13H14N6O2/c1-2-7-21-11-5-3-9(8-10(11)14)4-6-12(20)15-13-16-18-19-17-13/h2-6,8H,1,7,14H2,(H2,15,16,17,18,19,20)/b6-4-. The minimum atomic E-state index is -0.373. The molecule has 0 saturated carbocycles. The molecule has 0 spiro atoms. The molecule has 8 heteroatoms. The van der Waals surface area contributed by atoms with E-state index in [2.05, 4.69) is 32.5 Å². The van der Waals surface area contributed by atoms with Crippen molar-refractivity contribution in [2.24, 2.45) is 0 Å². The van der Waals surface area contributed by atoms with Crippen molar-refractivity contribution in [3.8, 4) is 5.75 Å². The number of amides is 1. The molecule has 1 amide bonds. The largest absolute Gasteiger partial charge is 0.487 e. The summed E-state index contributed by atoms with van der Waals surface area (Å²) in [5, 5.41) is 15.2. The Morgan fingerprint density at radius 3 is 3.05 bits per heavy atom. The number of benzene rings is 1. The molecular weight excluding hydrogens is 272 g/mol. The number of nitrogens with one attached hydrogen (secondary N) is 2. The van der Waals surface area contributed by atoms with Crippen LogP contribution in [0.3, 0.4) is 0 Å². The van der Waals surface area contributed by atoms with E-state index in [-0.39, 0.29) is 11.9 Å². The average Bonchev–Trinajstić information content (AvgIpc) is 2.97. The molecule has 1 heterocycles. The van der Waals surface area contributed by atoms with Gasteiger partial charge in [0.05, 0.1) is 5.69 Å². The number of carbonyl (C=O) groups is 1. The fourth-order valence-electron chi connectivity index (χ4n) is 1.49. The predicted octanol–water partition coefficient (Wildman–Crippen LogP) is 0.999. The van der Waals surface area contributed by atoms with Gasteiger partial charge in [0.1, 0.15) is 12.4 Å². The van der Waals surface area contributed by atoms with Crippen molar-refractivity contribution in [3.05, 3.63) is 42.5 Å². The van der Waals surface area contributed by atoms with Gasteiger partial charge in [-0.15, -0.1) is 5.10 Å². The number of aromatic nitrogens is 4. The maximum Gasteiger partial charge on any atom is 0.270 e. The van der Waals surface area contributed by atoms with Crippen molar-refractivity contribution in [1.82, 2.24) is 20.6 Å². The van der Waals surface area contributed by atoms with Crippen molar-refractivity contribution in [2.75, 3.05) is 17.7 Å². The van der Waals surface area contributed by atoms with Crippen LogP contribution in [-0.2, 0) is 4.79 Å². The molecule has 8 nitrogen and oxygen atoms in total. The number of nitrogen functional groups attached to an aromatic ring is 1. The summed E-state index contributed by atoms with van der Waals surface area (Å²) in [7, 11) is 0. The van der Waals surface area contributed by atoms with Crippen LogP contribution < -0.4 is 15.8 Å². The summed E-state index contributed by atoms with van der Waals surface area (Å²) in [4.78, 5) is 11.6. The molecule has 0 radical (unpaired) electrons. The Kier molecular flexibility index (Phi) is 4.65. The van der Waals surface area contributed by atoms with Crippen molar-refractivity contribution in [1.29, 1.82) is 0 Å². The number of hydrogen-bond acceptors (Lipinski definition) is 6. The molecule has 108 valence electrons. The van der Waals surface area contributed by atoms with E-state index >= 15 is 0 Å². The Morgan fingerprint density at radius 1 is 1.52 bits per heavy atom. The molecule has 0 fully saturated rings. The van der Waals surface area contributed by atoms with Gasteiger partial charge in [-0.2, -0.15) is 5.21 Å². The van der Waals surface area contributed by atoms with Gasteiger partial charge in [0.25, 0.3) is 11.9 Å². The number of carbonyl (C=O) groups excluding carboxylic acids is 1. The first-order valence-corrected chi connectivity index (χ1v) is 6.05. The molecule has 1 aromatic carbocycles. The summed E-state index contributed by atoms with van der Waals surface area (Å²) in [6.45, 7) is 3.95. The van der Waals surface area contributed by atoms with E-state index in [0.29, 0.717) is 18.0 Å². The lowest BCUT2D eigenvalue weighted by Crippen LogP contribution is -2.09. The monoisotopic (exact) mass is 286 g/mol. The summed E-state index contributed by atoms with van der Waals surface area (Å²) in [5.41, 5.74) is 7.10. The van der Waals surface area contributed by atoms with Crippen LogP contribution in [0.15, 0.2) is 36.9 Å².